The van der Waals surface area contributed by atoms with E-state index in [0.29, 0.717) is 24.9 Å². The zero-order chi connectivity index (χ0) is 19.4. The van der Waals surface area contributed by atoms with E-state index in [4.69, 9.17) is 0 Å². The molecule has 0 spiro atoms. The molecule has 1 heterocycles. The largest absolute Gasteiger partial charge is 0.480 e. The molecule has 2 rings (SSSR count). The molecule has 1 aromatic rings. The zero-order valence-corrected chi connectivity index (χ0v) is 16.9. The molecule has 6 nitrogen and oxygen atoms in total. The van der Waals surface area contributed by atoms with Gasteiger partial charge in [-0.2, -0.15) is 0 Å². The number of Topliss-reactive ketones (excluding diaryl/α,β-unsaturated/α-hetero) is 1. The number of carboxylic acid groups (broad SMARTS) is 1. The minimum absolute atomic E-state index is 0.267. The minimum Gasteiger partial charge on any atom is -0.480 e. The van der Waals surface area contributed by atoms with Crippen LogP contribution >= 0.6 is 27.7 Å². The Kier molecular flexibility index (Phi) is 7.00. The van der Waals surface area contributed by atoms with Crippen LogP contribution in [0.1, 0.15) is 37.0 Å². The lowest BCUT2D eigenvalue weighted by Crippen LogP contribution is -2.46. The van der Waals surface area contributed by atoms with Gasteiger partial charge < -0.3 is 10.0 Å². The van der Waals surface area contributed by atoms with Crippen molar-refractivity contribution < 1.29 is 24.3 Å². The van der Waals surface area contributed by atoms with Crippen molar-refractivity contribution in [2.75, 3.05) is 6.54 Å². The first-order chi connectivity index (χ1) is 12.2. The molecule has 1 amide bonds. The predicted molar refractivity (Wildman–Crippen MR) is 102 cm³/mol. The molecular formula is C18H20BrNO5S. The van der Waals surface area contributed by atoms with E-state index in [9.17, 15) is 24.3 Å². The highest BCUT2D eigenvalue weighted by Gasteiger charge is 2.40. The lowest BCUT2D eigenvalue weighted by atomic mass is 9.97. The van der Waals surface area contributed by atoms with Gasteiger partial charge in [0, 0.05) is 23.5 Å². The molecule has 0 saturated carbocycles. The number of benzene rings is 1. The summed E-state index contributed by atoms with van der Waals surface area (Å²) in [6, 6.07) is 5.84. The minimum atomic E-state index is -1.04. The fourth-order valence-electron chi connectivity index (χ4n) is 3.02. The number of halogens is 1. The number of rotatable bonds is 6. The fourth-order valence-corrected chi connectivity index (χ4v) is 4.20. The number of carbonyl (C=O) groups is 4. The number of aliphatic carboxylic acids is 1. The Hall–Kier alpha value is -1.67. The number of hydrogen-bond acceptors (Lipinski definition) is 5. The summed E-state index contributed by atoms with van der Waals surface area (Å²) in [5.74, 6) is -2.57. The van der Waals surface area contributed by atoms with Gasteiger partial charge in [0.05, 0.1) is 11.2 Å². The van der Waals surface area contributed by atoms with E-state index in [-0.39, 0.29) is 10.9 Å². The molecule has 2 unspecified atom stereocenters. The number of thioether (sulfide) groups is 1. The molecule has 1 aromatic carbocycles. The van der Waals surface area contributed by atoms with Crippen LogP contribution in [0.4, 0.5) is 0 Å². The van der Waals surface area contributed by atoms with Crippen molar-refractivity contribution in [1.29, 1.82) is 0 Å². The van der Waals surface area contributed by atoms with Gasteiger partial charge in [-0.15, -0.1) is 0 Å². The summed E-state index contributed by atoms with van der Waals surface area (Å²) in [6.45, 7) is 3.28. The Morgan fingerprint density at radius 3 is 2.38 bits per heavy atom. The Bertz CT molecular complexity index is 721. The number of likely N-dealkylation sites (tertiary alicyclic amines) is 1. The van der Waals surface area contributed by atoms with Crippen LogP contribution in [0, 0.1) is 5.92 Å². The molecule has 3 atom stereocenters. The molecule has 0 bridgehead atoms. The number of nitrogens with zero attached hydrogens (tertiary/aromatic N) is 1. The third-order valence-corrected chi connectivity index (χ3v) is 6.08. The van der Waals surface area contributed by atoms with Crippen molar-refractivity contribution in [2.24, 2.45) is 5.92 Å². The van der Waals surface area contributed by atoms with Gasteiger partial charge in [-0.05, 0) is 25.0 Å². The van der Waals surface area contributed by atoms with E-state index < -0.39 is 29.1 Å². The van der Waals surface area contributed by atoms with Gasteiger partial charge in [0.1, 0.15) is 6.04 Å². The summed E-state index contributed by atoms with van der Waals surface area (Å²) >= 11 is 4.12. The molecule has 1 saturated heterocycles. The maximum absolute atomic E-state index is 12.9. The predicted octanol–water partition coefficient (Wildman–Crippen LogP) is 2.99. The van der Waals surface area contributed by atoms with Crippen molar-refractivity contribution in [3.8, 4) is 0 Å². The van der Waals surface area contributed by atoms with E-state index in [1.807, 2.05) is 0 Å². The Morgan fingerprint density at radius 1 is 1.23 bits per heavy atom. The highest BCUT2D eigenvalue weighted by Crippen LogP contribution is 2.29. The van der Waals surface area contributed by atoms with Crippen LogP contribution in [0.15, 0.2) is 28.7 Å². The molecule has 1 fully saturated rings. The summed E-state index contributed by atoms with van der Waals surface area (Å²) in [4.78, 5) is 50.1. The van der Waals surface area contributed by atoms with Crippen LogP contribution in [0.5, 0.6) is 0 Å². The standard InChI is InChI=1S/C18H20BrNO5S/c1-10(17(23)20-9-3-4-14(20)18(24)25)16(26-11(2)21)15(22)12-5-7-13(19)8-6-12/h5-8,10,14,16H,3-4,9H2,1-2H3,(H,24,25)/t10?,14-,16?/m0/s1. The number of amides is 1. The third-order valence-electron chi connectivity index (χ3n) is 4.34. The first-order valence-electron chi connectivity index (χ1n) is 8.22. The molecule has 8 heteroatoms. The van der Waals surface area contributed by atoms with E-state index >= 15 is 0 Å². The number of carboxylic acids is 1. The van der Waals surface area contributed by atoms with Gasteiger partial charge >= 0.3 is 5.97 Å². The quantitative estimate of drug-likeness (QED) is 0.682. The van der Waals surface area contributed by atoms with Crippen LogP contribution in [0.25, 0.3) is 0 Å². The molecule has 0 aliphatic carbocycles. The normalized spacial score (nSPS) is 19.0. The van der Waals surface area contributed by atoms with Crippen molar-refractivity contribution in [2.45, 2.75) is 38.0 Å². The maximum Gasteiger partial charge on any atom is 0.326 e. The Morgan fingerprint density at radius 2 is 1.85 bits per heavy atom. The van der Waals surface area contributed by atoms with Gasteiger partial charge in [-0.3, -0.25) is 14.4 Å². The van der Waals surface area contributed by atoms with Crippen LogP contribution in [-0.4, -0.2) is 50.6 Å². The summed E-state index contributed by atoms with van der Waals surface area (Å²) in [5.41, 5.74) is 0.405. The first-order valence-corrected chi connectivity index (χ1v) is 9.90. The van der Waals surface area contributed by atoms with E-state index in [1.165, 1.54) is 11.8 Å². The average molecular weight is 442 g/mol. The average Bonchev–Trinajstić information content (AvgIpc) is 3.08. The third kappa shape index (κ3) is 4.73. The summed E-state index contributed by atoms with van der Waals surface area (Å²) in [5, 5.41) is 8.13. The van der Waals surface area contributed by atoms with Crippen LogP contribution < -0.4 is 0 Å². The van der Waals surface area contributed by atoms with Gasteiger partial charge in [0.2, 0.25) is 5.91 Å². The topological polar surface area (TPSA) is 91.8 Å². The molecule has 1 aliphatic heterocycles. The van der Waals surface area contributed by atoms with Crippen LogP contribution in [0.3, 0.4) is 0 Å². The van der Waals surface area contributed by atoms with Crippen LogP contribution in [0.2, 0.25) is 0 Å². The summed E-state index contributed by atoms with van der Waals surface area (Å²) in [7, 11) is 0. The zero-order valence-electron chi connectivity index (χ0n) is 14.5. The SMILES string of the molecule is CC(=O)SC(C(=O)c1ccc(Br)cc1)C(C)C(=O)N1CCC[C@H]1C(=O)O. The van der Waals surface area contributed by atoms with Crippen LogP contribution in [-0.2, 0) is 14.4 Å². The molecule has 140 valence electrons. The Balaban J connectivity index is 2.26. The van der Waals surface area contributed by atoms with Crippen molar-refractivity contribution in [3.63, 3.8) is 0 Å². The number of hydrogen-bond donors (Lipinski definition) is 1. The molecule has 0 radical (unpaired) electrons. The van der Waals surface area contributed by atoms with E-state index in [0.717, 1.165) is 16.2 Å². The second kappa shape index (κ2) is 8.81. The number of carbonyl (C=O) groups excluding carboxylic acids is 3. The second-order valence-electron chi connectivity index (χ2n) is 6.22. The molecule has 1 aliphatic rings. The molecule has 0 aromatic heterocycles. The lowest BCUT2D eigenvalue weighted by Gasteiger charge is -2.28. The molecule has 1 N–H and O–H groups in total. The van der Waals surface area contributed by atoms with Gasteiger partial charge in [-0.1, -0.05) is 46.7 Å². The van der Waals surface area contributed by atoms with Crippen molar-refractivity contribution in [1.82, 2.24) is 4.90 Å². The second-order valence-corrected chi connectivity index (χ2v) is 8.45. The van der Waals surface area contributed by atoms with Gasteiger partial charge in [0.25, 0.3) is 0 Å². The number of ketones is 1. The first kappa shape index (κ1) is 20.6. The lowest BCUT2D eigenvalue weighted by molar-refractivity contribution is -0.149. The highest BCUT2D eigenvalue weighted by atomic mass is 79.9. The van der Waals surface area contributed by atoms with Gasteiger partial charge in [0.15, 0.2) is 10.9 Å². The van der Waals surface area contributed by atoms with E-state index in [2.05, 4.69) is 15.9 Å². The maximum atomic E-state index is 12.9. The van der Waals surface area contributed by atoms with Gasteiger partial charge in [-0.25, -0.2) is 4.79 Å². The monoisotopic (exact) mass is 441 g/mol. The summed E-state index contributed by atoms with van der Waals surface area (Å²) < 4.78 is 0.815. The van der Waals surface area contributed by atoms with E-state index in [1.54, 1.807) is 31.2 Å². The smallest absolute Gasteiger partial charge is 0.326 e. The highest BCUT2D eigenvalue weighted by molar-refractivity contribution is 9.10. The Labute approximate surface area is 164 Å². The van der Waals surface area contributed by atoms with Crippen molar-refractivity contribution >= 4 is 50.5 Å². The molecule has 26 heavy (non-hydrogen) atoms. The van der Waals surface area contributed by atoms with Crippen molar-refractivity contribution in [3.05, 3.63) is 34.3 Å². The summed E-state index contributed by atoms with van der Waals surface area (Å²) in [6.07, 6.45) is 1.01. The fraction of sp³-hybridized carbons (Fsp3) is 0.444. The molecular weight excluding hydrogens is 422 g/mol.